The van der Waals surface area contributed by atoms with E-state index < -0.39 is 6.36 Å². The quantitative estimate of drug-likeness (QED) is 0.526. The minimum atomic E-state index is -4.79. The van der Waals surface area contributed by atoms with Gasteiger partial charge in [-0.25, -0.2) is 4.98 Å². The summed E-state index contributed by atoms with van der Waals surface area (Å²) in [5.41, 5.74) is 1.95. The lowest BCUT2D eigenvalue weighted by atomic mass is 10.1. The highest BCUT2D eigenvalue weighted by Crippen LogP contribution is 2.29. The first-order valence-electron chi connectivity index (χ1n) is 9.63. The van der Waals surface area contributed by atoms with Gasteiger partial charge in [0.25, 0.3) is 0 Å². The second-order valence-corrected chi connectivity index (χ2v) is 7.09. The van der Waals surface area contributed by atoms with Crippen LogP contribution in [-0.4, -0.2) is 48.4 Å². The first-order valence-corrected chi connectivity index (χ1v) is 9.63. The first kappa shape index (κ1) is 22.8. The number of halogens is 3. The van der Waals surface area contributed by atoms with Crippen LogP contribution in [0.15, 0.2) is 54.6 Å². The normalized spacial score (nSPS) is 11.2. The number of rotatable bonds is 8. The zero-order chi connectivity index (χ0) is 23.1. The van der Waals surface area contributed by atoms with Gasteiger partial charge in [-0.1, -0.05) is 18.2 Å². The van der Waals surface area contributed by atoms with Crippen molar-refractivity contribution in [1.82, 2.24) is 14.9 Å². The molecule has 32 heavy (non-hydrogen) atoms. The average molecular weight is 442 g/mol. The topological polar surface area (TPSA) is 86.1 Å². The molecule has 0 radical (unpaired) electrons. The summed E-state index contributed by atoms with van der Waals surface area (Å²) in [5.74, 6) is 0.386. The van der Waals surface area contributed by atoms with Gasteiger partial charge in [-0.15, -0.1) is 13.2 Å². The van der Waals surface area contributed by atoms with Crippen LogP contribution >= 0.6 is 0 Å². The minimum absolute atomic E-state index is 0.311. The Morgan fingerprint density at radius 2 is 1.84 bits per heavy atom. The van der Waals surface area contributed by atoms with E-state index >= 15 is 0 Å². The zero-order valence-corrected chi connectivity index (χ0v) is 17.4. The zero-order valence-electron chi connectivity index (χ0n) is 17.4. The van der Waals surface area contributed by atoms with E-state index in [0.717, 1.165) is 6.54 Å². The van der Waals surface area contributed by atoms with Crippen LogP contribution in [0.4, 0.5) is 30.6 Å². The van der Waals surface area contributed by atoms with Gasteiger partial charge in [0.15, 0.2) is 0 Å². The molecular weight excluding hydrogens is 421 g/mol. The molecule has 0 atom stereocenters. The molecule has 0 aliphatic carbocycles. The molecule has 7 nitrogen and oxygen atoms in total. The van der Waals surface area contributed by atoms with E-state index in [-0.39, 0.29) is 5.75 Å². The maximum Gasteiger partial charge on any atom is 0.573 e. The summed E-state index contributed by atoms with van der Waals surface area (Å²) >= 11 is 0. The number of likely N-dealkylation sites (N-methyl/N-ethyl adjacent to an activating group) is 1. The smallest absolute Gasteiger partial charge is 0.406 e. The molecule has 1 aromatic heterocycles. The number of ether oxygens (including phenoxy) is 1. The summed E-state index contributed by atoms with van der Waals surface area (Å²) in [7, 11) is 3.86. The Balaban J connectivity index is 1.94. The molecule has 0 saturated heterocycles. The van der Waals surface area contributed by atoms with Crippen molar-refractivity contribution >= 4 is 17.5 Å². The third-order valence-electron chi connectivity index (χ3n) is 4.20. The molecule has 0 aliphatic heterocycles. The van der Waals surface area contributed by atoms with E-state index in [1.165, 1.54) is 18.2 Å². The SMILES string of the molecule is CN(C)CCNc1nc(Nc2cccc(C#N)c2)cc(-c2cccc(OC(F)(F)F)c2)n1. The Hall–Kier alpha value is -3.84. The van der Waals surface area contributed by atoms with Crippen LogP contribution in [0.1, 0.15) is 5.56 Å². The minimum Gasteiger partial charge on any atom is -0.406 e. The number of nitriles is 1. The van der Waals surface area contributed by atoms with Gasteiger partial charge >= 0.3 is 6.36 Å². The summed E-state index contributed by atoms with van der Waals surface area (Å²) < 4.78 is 41.9. The molecule has 0 unspecified atom stereocenters. The van der Waals surface area contributed by atoms with Gasteiger partial charge in [0.2, 0.25) is 5.95 Å². The van der Waals surface area contributed by atoms with E-state index in [0.29, 0.717) is 40.8 Å². The number of hydrogen-bond donors (Lipinski definition) is 2. The molecule has 1 heterocycles. The van der Waals surface area contributed by atoms with Crippen LogP contribution in [0.3, 0.4) is 0 Å². The molecule has 0 bridgehead atoms. The van der Waals surface area contributed by atoms with Crippen molar-refractivity contribution in [3.8, 4) is 23.1 Å². The fourth-order valence-electron chi connectivity index (χ4n) is 2.80. The highest BCUT2D eigenvalue weighted by molar-refractivity contribution is 5.68. The number of hydrogen-bond acceptors (Lipinski definition) is 7. The molecule has 0 aliphatic rings. The highest BCUT2D eigenvalue weighted by Gasteiger charge is 2.31. The number of benzene rings is 2. The van der Waals surface area contributed by atoms with Crippen molar-refractivity contribution in [3.63, 3.8) is 0 Å². The lowest BCUT2D eigenvalue weighted by Crippen LogP contribution is -2.21. The Kier molecular flexibility index (Phi) is 7.12. The van der Waals surface area contributed by atoms with Gasteiger partial charge in [-0.3, -0.25) is 0 Å². The van der Waals surface area contributed by atoms with Crippen LogP contribution in [-0.2, 0) is 0 Å². The molecule has 10 heteroatoms. The van der Waals surface area contributed by atoms with Gasteiger partial charge in [0.1, 0.15) is 11.6 Å². The molecular formula is C22H21F3N6O. The molecule has 2 N–H and O–H groups in total. The van der Waals surface area contributed by atoms with Crippen LogP contribution in [0.5, 0.6) is 5.75 Å². The summed E-state index contributed by atoms with van der Waals surface area (Å²) in [5, 5.41) is 15.3. The lowest BCUT2D eigenvalue weighted by molar-refractivity contribution is -0.274. The van der Waals surface area contributed by atoms with E-state index in [4.69, 9.17) is 5.26 Å². The number of nitrogens with one attached hydrogen (secondary N) is 2. The Bertz CT molecular complexity index is 1110. The lowest BCUT2D eigenvalue weighted by Gasteiger charge is -2.14. The van der Waals surface area contributed by atoms with Crippen LogP contribution in [0, 0.1) is 11.3 Å². The molecule has 3 aromatic rings. The maximum atomic E-state index is 12.6. The van der Waals surface area contributed by atoms with E-state index in [1.807, 2.05) is 19.0 Å². The average Bonchev–Trinajstić information content (AvgIpc) is 2.72. The highest BCUT2D eigenvalue weighted by atomic mass is 19.4. The van der Waals surface area contributed by atoms with Crippen molar-refractivity contribution in [1.29, 1.82) is 5.26 Å². The molecule has 2 aromatic carbocycles. The van der Waals surface area contributed by atoms with Crippen LogP contribution < -0.4 is 15.4 Å². The maximum absolute atomic E-state index is 12.6. The molecule has 0 amide bonds. The van der Waals surface area contributed by atoms with Crippen LogP contribution in [0.2, 0.25) is 0 Å². The summed E-state index contributed by atoms with van der Waals surface area (Å²) in [6, 6.07) is 16.1. The van der Waals surface area contributed by atoms with Gasteiger partial charge in [-0.2, -0.15) is 10.2 Å². The Labute approximate surface area is 183 Å². The summed E-state index contributed by atoms with van der Waals surface area (Å²) in [6.07, 6.45) is -4.79. The predicted octanol–water partition coefficient (Wildman–Crippen LogP) is 4.63. The number of nitrogens with zero attached hydrogens (tertiary/aromatic N) is 4. The van der Waals surface area contributed by atoms with E-state index in [9.17, 15) is 13.2 Å². The molecule has 3 rings (SSSR count). The largest absolute Gasteiger partial charge is 0.573 e. The van der Waals surface area contributed by atoms with Crippen molar-refractivity contribution in [2.24, 2.45) is 0 Å². The molecule has 0 fully saturated rings. The first-order chi connectivity index (χ1) is 15.2. The number of aromatic nitrogens is 2. The second kappa shape index (κ2) is 9.98. The Morgan fingerprint density at radius 1 is 1.06 bits per heavy atom. The summed E-state index contributed by atoms with van der Waals surface area (Å²) in [4.78, 5) is 10.9. The van der Waals surface area contributed by atoms with E-state index in [2.05, 4.69) is 31.4 Å². The molecule has 0 saturated carbocycles. The summed E-state index contributed by atoms with van der Waals surface area (Å²) in [6.45, 7) is 1.30. The van der Waals surface area contributed by atoms with Crippen LogP contribution in [0.25, 0.3) is 11.3 Å². The second-order valence-electron chi connectivity index (χ2n) is 7.09. The van der Waals surface area contributed by atoms with Gasteiger partial charge in [0.05, 0.1) is 17.3 Å². The van der Waals surface area contributed by atoms with Gasteiger partial charge in [0, 0.05) is 30.4 Å². The van der Waals surface area contributed by atoms with Crippen molar-refractivity contribution in [2.45, 2.75) is 6.36 Å². The number of anilines is 3. The van der Waals surface area contributed by atoms with Gasteiger partial charge in [-0.05, 0) is 44.4 Å². The third kappa shape index (κ3) is 6.85. The number of alkyl halides is 3. The molecule has 0 spiro atoms. The molecule has 166 valence electrons. The van der Waals surface area contributed by atoms with Gasteiger partial charge < -0.3 is 20.3 Å². The monoisotopic (exact) mass is 442 g/mol. The third-order valence-corrected chi connectivity index (χ3v) is 4.20. The van der Waals surface area contributed by atoms with E-state index in [1.54, 1.807) is 36.4 Å². The van der Waals surface area contributed by atoms with Crippen molar-refractivity contribution in [2.75, 3.05) is 37.8 Å². The Morgan fingerprint density at radius 3 is 2.56 bits per heavy atom. The fraction of sp³-hybridized carbons (Fsp3) is 0.227. The van der Waals surface area contributed by atoms with Crippen molar-refractivity contribution in [3.05, 3.63) is 60.2 Å². The standard InChI is InChI=1S/C22H21F3N6O/c1-31(2)10-9-27-21-29-19(16-6-4-8-18(12-16)32-22(23,24)25)13-20(30-21)28-17-7-3-5-15(11-17)14-26/h3-8,11-13H,9-10H2,1-2H3,(H2,27,28,29,30). The predicted molar refractivity (Wildman–Crippen MR) is 116 cm³/mol. The fourth-order valence-corrected chi connectivity index (χ4v) is 2.80. The van der Waals surface area contributed by atoms with Crippen molar-refractivity contribution < 1.29 is 17.9 Å².